The number of hydrogen-bond acceptors (Lipinski definition) is 2. The molecule has 0 amide bonds. The van der Waals surface area contributed by atoms with E-state index in [1.165, 1.54) is 5.56 Å². The lowest BCUT2D eigenvalue weighted by atomic mass is 9.87. The van der Waals surface area contributed by atoms with Crippen LogP contribution in [-0.4, -0.2) is 16.2 Å². The maximum absolute atomic E-state index is 5.75. The average Bonchev–Trinajstić information content (AvgIpc) is 2.91. The second-order valence-corrected chi connectivity index (χ2v) is 5.82. The molecule has 1 aromatic carbocycles. The highest BCUT2D eigenvalue weighted by atomic mass is 16.5. The molecule has 2 aromatic rings. The summed E-state index contributed by atoms with van der Waals surface area (Å²) in [6.07, 6.45) is 9.64. The Morgan fingerprint density at radius 1 is 1.25 bits per heavy atom. The van der Waals surface area contributed by atoms with Crippen LogP contribution in [0.5, 0.6) is 5.75 Å². The average molecular weight is 270 g/mol. The van der Waals surface area contributed by atoms with Crippen molar-refractivity contribution in [1.82, 2.24) is 9.55 Å². The third-order valence-corrected chi connectivity index (χ3v) is 3.09. The van der Waals surface area contributed by atoms with Gasteiger partial charge in [-0.3, -0.25) is 0 Å². The zero-order valence-corrected chi connectivity index (χ0v) is 12.4. The van der Waals surface area contributed by atoms with Gasteiger partial charge in [0, 0.05) is 18.9 Å². The van der Waals surface area contributed by atoms with Crippen LogP contribution < -0.4 is 4.74 Å². The molecule has 3 heteroatoms. The highest BCUT2D eigenvalue weighted by molar-refractivity contribution is 5.32. The quantitative estimate of drug-likeness (QED) is 0.772. The number of benzene rings is 1. The predicted octanol–water partition coefficient (Wildman–Crippen LogP) is 3.82. The molecule has 2 rings (SSSR count). The Labute approximate surface area is 120 Å². The third-order valence-electron chi connectivity index (χ3n) is 3.09. The van der Waals surface area contributed by atoms with Crippen LogP contribution >= 0.6 is 0 Å². The topological polar surface area (TPSA) is 27.1 Å². The van der Waals surface area contributed by atoms with E-state index in [0.29, 0.717) is 6.61 Å². The fourth-order valence-electron chi connectivity index (χ4n) is 1.86. The maximum Gasteiger partial charge on any atom is 0.120 e. The first-order chi connectivity index (χ1) is 9.55. The van der Waals surface area contributed by atoms with Crippen molar-refractivity contribution in [3.05, 3.63) is 60.7 Å². The molecule has 1 heterocycles. The van der Waals surface area contributed by atoms with Gasteiger partial charge in [0.15, 0.2) is 0 Å². The number of allylic oxidation sites excluding steroid dienone is 1. The van der Waals surface area contributed by atoms with E-state index in [1.807, 2.05) is 29.0 Å². The highest BCUT2D eigenvalue weighted by Gasteiger charge is 2.13. The lowest BCUT2D eigenvalue weighted by Gasteiger charge is -2.19. The second kappa shape index (κ2) is 6.42. The van der Waals surface area contributed by atoms with Crippen LogP contribution in [0, 0.1) is 0 Å². The Morgan fingerprint density at radius 3 is 2.80 bits per heavy atom. The molecule has 106 valence electrons. The van der Waals surface area contributed by atoms with Gasteiger partial charge in [0.25, 0.3) is 0 Å². The lowest BCUT2D eigenvalue weighted by Crippen LogP contribution is -2.10. The van der Waals surface area contributed by atoms with Gasteiger partial charge in [-0.2, -0.15) is 0 Å². The maximum atomic E-state index is 5.75. The summed E-state index contributed by atoms with van der Waals surface area (Å²) in [5, 5.41) is 0. The van der Waals surface area contributed by atoms with Gasteiger partial charge in [0.1, 0.15) is 12.4 Å². The highest BCUT2D eigenvalue weighted by Crippen LogP contribution is 2.25. The summed E-state index contributed by atoms with van der Waals surface area (Å²) in [5.74, 6) is 0.921. The van der Waals surface area contributed by atoms with Crippen LogP contribution in [0.2, 0.25) is 0 Å². The molecule has 0 fully saturated rings. The van der Waals surface area contributed by atoms with Crippen LogP contribution in [-0.2, 0) is 12.0 Å². The van der Waals surface area contributed by atoms with Crippen LogP contribution in [0.4, 0.5) is 0 Å². The van der Waals surface area contributed by atoms with Gasteiger partial charge in [0.05, 0.1) is 6.33 Å². The molecule has 20 heavy (non-hydrogen) atoms. The number of aromatic nitrogens is 2. The Kier molecular flexibility index (Phi) is 4.61. The van der Waals surface area contributed by atoms with Crippen LogP contribution in [0.15, 0.2) is 55.1 Å². The number of hydrogen-bond donors (Lipinski definition) is 0. The molecule has 0 radical (unpaired) electrons. The van der Waals surface area contributed by atoms with E-state index in [1.54, 1.807) is 12.5 Å². The van der Waals surface area contributed by atoms with E-state index in [4.69, 9.17) is 4.74 Å². The number of ether oxygens (including phenoxy) is 1. The largest absolute Gasteiger partial charge is 0.490 e. The van der Waals surface area contributed by atoms with Gasteiger partial charge < -0.3 is 9.30 Å². The van der Waals surface area contributed by atoms with Gasteiger partial charge in [-0.1, -0.05) is 39.0 Å². The molecular formula is C17H22N2O. The molecule has 3 nitrogen and oxygen atoms in total. The summed E-state index contributed by atoms with van der Waals surface area (Å²) < 4.78 is 7.76. The van der Waals surface area contributed by atoms with E-state index >= 15 is 0 Å². The summed E-state index contributed by atoms with van der Waals surface area (Å²) in [5.41, 5.74) is 1.44. The normalized spacial score (nSPS) is 11.9. The molecule has 1 aromatic heterocycles. The number of rotatable bonds is 5. The molecule has 0 saturated heterocycles. The monoisotopic (exact) mass is 270 g/mol. The minimum absolute atomic E-state index is 0.149. The van der Waals surface area contributed by atoms with Crippen molar-refractivity contribution in [2.75, 3.05) is 6.61 Å². The van der Waals surface area contributed by atoms with E-state index in [0.717, 1.165) is 12.3 Å². The smallest absolute Gasteiger partial charge is 0.120 e. The van der Waals surface area contributed by atoms with Crippen molar-refractivity contribution in [1.29, 1.82) is 0 Å². The van der Waals surface area contributed by atoms with Gasteiger partial charge in [-0.15, -0.1) is 0 Å². The fraction of sp³-hybridized carbons (Fsp3) is 0.353. The molecule has 0 N–H and O–H groups in total. The second-order valence-electron chi connectivity index (χ2n) is 5.82. The summed E-state index contributed by atoms with van der Waals surface area (Å²) in [7, 11) is 0. The van der Waals surface area contributed by atoms with E-state index < -0.39 is 0 Å². The van der Waals surface area contributed by atoms with Crippen molar-refractivity contribution in [3.63, 3.8) is 0 Å². The van der Waals surface area contributed by atoms with Crippen LogP contribution in [0.1, 0.15) is 26.3 Å². The van der Waals surface area contributed by atoms with Gasteiger partial charge >= 0.3 is 0 Å². The summed E-state index contributed by atoms with van der Waals surface area (Å²) in [4.78, 5) is 4.00. The SMILES string of the molecule is CC(C)(C)c1cccc(OC/C=C/Cn2ccnc2)c1. The molecule has 0 aliphatic carbocycles. The molecule has 0 aliphatic rings. The van der Waals surface area contributed by atoms with Crippen LogP contribution in [0.3, 0.4) is 0 Å². The summed E-state index contributed by atoms with van der Waals surface area (Å²) in [6.45, 7) is 8.03. The number of imidazole rings is 1. The van der Waals surface area contributed by atoms with Crippen molar-refractivity contribution in [2.24, 2.45) is 0 Å². The first kappa shape index (κ1) is 14.4. The third kappa shape index (κ3) is 4.26. The minimum atomic E-state index is 0.149. The Morgan fingerprint density at radius 2 is 2.10 bits per heavy atom. The molecule has 0 aliphatic heterocycles. The molecule has 0 unspecified atom stereocenters. The first-order valence-corrected chi connectivity index (χ1v) is 6.90. The van der Waals surface area contributed by atoms with Crippen molar-refractivity contribution in [2.45, 2.75) is 32.7 Å². The lowest BCUT2D eigenvalue weighted by molar-refractivity contribution is 0.361. The Hall–Kier alpha value is -2.03. The van der Waals surface area contributed by atoms with E-state index in [9.17, 15) is 0 Å². The Bertz CT molecular complexity index is 551. The standard InChI is InChI=1S/C17H22N2O/c1-17(2,3)15-7-6-8-16(13-15)20-12-5-4-10-19-11-9-18-14-19/h4-9,11,13-14H,10,12H2,1-3H3/b5-4+. The molecule has 0 saturated carbocycles. The summed E-state index contributed by atoms with van der Waals surface area (Å²) in [6, 6.07) is 8.30. The van der Waals surface area contributed by atoms with Crippen molar-refractivity contribution < 1.29 is 4.74 Å². The molecule has 0 atom stereocenters. The van der Waals surface area contributed by atoms with Gasteiger partial charge in [-0.05, 0) is 29.2 Å². The van der Waals surface area contributed by atoms with Crippen molar-refractivity contribution >= 4 is 0 Å². The molecule has 0 spiro atoms. The zero-order chi connectivity index (χ0) is 14.4. The van der Waals surface area contributed by atoms with E-state index in [-0.39, 0.29) is 5.41 Å². The predicted molar refractivity (Wildman–Crippen MR) is 82.0 cm³/mol. The molecular weight excluding hydrogens is 248 g/mol. The molecule has 0 bridgehead atoms. The van der Waals surface area contributed by atoms with Crippen LogP contribution in [0.25, 0.3) is 0 Å². The minimum Gasteiger partial charge on any atom is -0.490 e. The Balaban J connectivity index is 1.83. The van der Waals surface area contributed by atoms with Crippen molar-refractivity contribution in [3.8, 4) is 5.75 Å². The van der Waals surface area contributed by atoms with Gasteiger partial charge in [-0.25, -0.2) is 4.98 Å². The zero-order valence-electron chi connectivity index (χ0n) is 12.4. The van der Waals surface area contributed by atoms with Gasteiger partial charge in [0.2, 0.25) is 0 Å². The summed E-state index contributed by atoms with van der Waals surface area (Å²) >= 11 is 0. The van der Waals surface area contributed by atoms with E-state index in [2.05, 4.69) is 44.0 Å². The number of nitrogens with zero attached hydrogens (tertiary/aromatic N) is 2. The first-order valence-electron chi connectivity index (χ1n) is 6.90. The fourth-order valence-corrected chi connectivity index (χ4v) is 1.86.